The van der Waals surface area contributed by atoms with Gasteiger partial charge in [0.2, 0.25) is 0 Å². The van der Waals surface area contributed by atoms with E-state index < -0.39 is 0 Å². The third kappa shape index (κ3) is 0.775. The Kier molecular flexibility index (Phi) is 1.35. The molecule has 4 atom stereocenters. The predicted octanol–water partition coefficient (Wildman–Crippen LogP) is 1.59. The number of hydrogen-bond donors (Lipinski definition) is 0. The zero-order valence-electron chi connectivity index (χ0n) is 8.55. The summed E-state index contributed by atoms with van der Waals surface area (Å²) >= 11 is 0. The van der Waals surface area contributed by atoms with Crippen molar-refractivity contribution in [2.75, 3.05) is 0 Å². The van der Waals surface area contributed by atoms with Gasteiger partial charge < -0.3 is 4.74 Å². The highest BCUT2D eigenvalue weighted by molar-refractivity contribution is 5.99. The van der Waals surface area contributed by atoms with Crippen LogP contribution in [0.4, 0.5) is 0 Å². The average molecular weight is 214 g/mol. The smallest absolute Gasteiger partial charge is 0.318 e. The Hall–Kier alpha value is -1.64. The maximum absolute atomic E-state index is 11.6. The van der Waals surface area contributed by atoms with E-state index in [0.29, 0.717) is 0 Å². The third-order valence-corrected chi connectivity index (χ3v) is 4.30. The second-order valence-electron chi connectivity index (χ2n) is 4.87. The minimum absolute atomic E-state index is 0.201. The summed E-state index contributed by atoms with van der Waals surface area (Å²) in [5, 5.41) is 0. The van der Waals surface area contributed by atoms with E-state index in [1.165, 1.54) is 11.1 Å². The van der Waals surface area contributed by atoms with Crippen molar-refractivity contribution < 1.29 is 14.3 Å². The van der Waals surface area contributed by atoms with Crippen LogP contribution in [0.3, 0.4) is 0 Å². The van der Waals surface area contributed by atoms with Gasteiger partial charge >= 0.3 is 11.9 Å². The molecule has 1 heterocycles. The SMILES string of the molecule is O=C1OC(=O)[C@H]2[C@H]1[C@@H]1C[C@@H]2c2ccccc21. The Morgan fingerprint density at radius 1 is 0.938 bits per heavy atom. The molecule has 2 aliphatic carbocycles. The molecule has 4 rings (SSSR count). The molecule has 1 aromatic rings. The van der Waals surface area contributed by atoms with Crippen molar-refractivity contribution >= 4 is 11.9 Å². The molecule has 1 aliphatic heterocycles. The van der Waals surface area contributed by atoms with Gasteiger partial charge in [-0.1, -0.05) is 24.3 Å². The van der Waals surface area contributed by atoms with Crippen molar-refractivity contribution in [2.45, 2.75) is 18.3 Å². The van der Waals surface area contributed by atoms with E-state index in [0.717, 1.165) is 6.42 Å². The van der Waals surface area contributed by atoms with Gasteiger partial charge in [-0.3, -0.25) is 9.59 Å². The van der Waals surface area contributed by atoms with Crippen molar-refractivity contribution in [2.24, 2.45) is 11.8 Å². The standard InChI is InChI=1S/C13H10O3/c14-12-10-8-5-9(11(10)13(15)16-12)7-4-2-1-3-6(7)8/h1-4,8-11H,5H2/t8-,9-,10-,11-/m1/s1. The van der Waals surface area contributed by atoms with Gasteiger partial charge in [-0.05, 0) is 29.4 Å². The van der Waals surface area contributed by atoms with Crippen LogP contribution in [0.2, 0.25) is 0 Å². The summed E-state index contributed by atoms with van der Waals surface area (Å²) in [5.41, 5.74) is 2.50. The lowest BCUT2D eigenvalue weighted by atomic mass is 9.77. The summed E-state index contributed by atoms with van der Waals surface area (Å²) in [4.78, 5) is 23.2. The maximum atomic E-state index is 11.6. The van der Waals surface area contributed by atoms with E-state index in [1.807, 2.05) is 12.1 Å². The molecule has 0 amide bonds. The second kappa shape index (κ2) is 2.54. The normalized spacial score (nSPS) is 38.5. The summed E-state index contributed by atoms with van der Waals surface area (Å²) < 4.78 is 4.76. The van der Waals surface area contributed by atoms with Crippen LogP contribution in [0.1, 0.15) is 29.4 Å². The molecule has 80 valence electrons. The molecule has 0 N–H and O–H groups in total. The van der Waals surface area contributed by atoms with Gasteiger partial charge in [0.25, 0.3) is 0 Å². The number of benzene rings is 1. The van der Waals surface area contributed by atoms with E-state index in [9.17, 15) is 9.59 Å². The predicted molar refractivity (Wildman–Crippen MR) is 54.6 cm³/mol. The quantitative estimate of drug-likeness (QED) is 0.486. The van der Waals surface area contributed by atoms with Gasteiger partial charge in [0.15, 0.2) is 0 Å². The highest BCUT2D eigenvalue weighted by atomic mass is 16.6. The van der Waals surface area contributed by atoms with E-state index >= 15 is 0 Å². The molecule has 3 aliphatic rings. The van der Waals surface area contributed by atoms with Crippen LogP contribution >= 0.6 is 0 Å². The molecule has 1 aromatic carbocycles. The molecular formula is C13H10O3. The monoisotopic (exact) mass is 214 g/mol. The molecule has 2 fully saturated rings. The van der Waals surface area contributed by atoms with Crippen molar-refractivity contribution in [3.05, 3.63) is 35.4 Å². The fourth-order valence-corrected chi connectivity index (χ4v) is 3.75. The summed E-state index contributed by atoms with van der Waals surface area (Å²) in [7, 11) is 0. The second-order valence-corrected chi connectivity index (χ2v) is 4.87. The molecule has 0 spiro atoms. The van der Waals surface area contributed by atoms with Gasteiger partial charge in [-0.15, -0.1) is 0 Å². The first-order valence-corrected chi connectivity index (χ1v) is 5.62. The summed E-state index contributed by atoms with van der Waals surface area (Å²) in [6.07, 6.45) is 0.940. The number of ether oxygens (including phenoxy) is 1. The number of rotatable bonds is 0. The lowest BCUT2D eigenvalue weighted by molar-refractivity contribution is -0.154. The van der Waals surface area contributed by atoms with Crippen molar-refractivity contribution in [1.29, 1.82) is 0 Å². The van der Waals surface area contributed by atoms with E-state index in [-0.39, 0.29) is 35.6 Å². The summed E-state index contributed by atoms with van der Waals surface area (Å²) in [5.74, 6) is -0.593. The van der Waals surface area contributed by atoms with Crippen molar-refractivity contribution in [1.82, 2.24) is 0 Å². The molecule has 0 radical (unpaired) electrons. The highest BCUT2D eigenvalue weighted by Crippen LogP contribution is 2.61. The Labute approximate surface area is 92.4 Å². The first-order valence-electron chi connectivity index (χ1n) is 5.62. The molecule has 1 saturated heterocycles. The van der Waals surface area contributed by atoms with Gasteiger partial charge in [-0.2, -0.15) is 0 Å². The Balaban J connectivity index is 1.92. The Bertz CT molecular complexity index is 475. The lowest BCUT2D eigenvalue weighted by Gasteiger charge is -2.21. The fraction of sp³-hybridized carbons (Fsp3) is 0.385. The van der Waals surface area contributed by atoms with E-state index in [4.69, 9.17) is 4.74 Å². The maximum Gasteiger partial charge on any atom is 0.318 e. The number of carbonyl (C=O) groups is 2. The minimum atomic E-state index is -0.308. The molecule has 16 heavy (non-hydrogen) atoms. The van der Waals surface area contributed by atoms with Crippen molar-refractivity contribution in [3.8, 4) is 0 Å². The van der Waals surface area contributed by atoms with Crippen molar-refractivity contribution in [3.63, 3.8) is 0 Å². The van der Waals surface area contributed by atoms with Gasteiger partial charge in [-0.25, -0.2) is 0 Å². The van der Waals surface area contributed by atoms with Crippen LogP contribution < -0.4 is 0 Å². The third-order valence-electron chi connectivity index (χ3n) is 4.30. The summed E-state index contributed by atoms with van der Waals surface area (Å²) in [6.45, 7) is 0. The van der Waals surface area contributed by atoms with Crippen LogP contribution in [-0.4, -0.2) is 11.9 Å². The van der Waals surface area contributed by atoms with Gasteiger partial charge in [0, 0.05) is 0 Å². The molecule has 0 aromatic heterocycles. The summed E-state index contributed by atoms with van der Waals surface area (Å²) in [6, 6.07) is 8.14. The number of hydrogen-bond acceptors (Lipinski definition) is 3. The zero-order chi connectivity index (χ0) is 10.9. The van der Waals surface area contributed by atoms with Gasteiger partial charge in [0.1, 0.15) is 0 Å². The number of esters is 2. The molecule has 3 nitrogen and oxygen atoms in total. The molecule has 1 saturated carbocycles. The zero-order valence-corrected chi connectivity index (χ0v) is 8.55. The lowest BCUT2D eigenvalue weighted by Crippen LogP contribution is -2.23. The first kappa shape index (κ1) is 8.50. The Morgan fingerprint density at radius 2 is 1.44 bits per heavy atom. The number of carbonyl (C=O) groups excluding carboxylic acids is 2. The highest BCUT2D eigenvalue weighted by Gasteiger charge is 2.61. The molecular weight excluding hydrogens is 204 g/mol. The topological polar surface area (TPSA) is 43.4 Å². The number of fused-ring (bicyclic) bond motifs is 8. The van der Waals surface area contributed by atoms with Crippen LogP contribution in [-0.2, 0) is 14.3 Å². The minimum Gasteiger partial charge on any atom is -0.393 e. The van der Waals surface area contributed by atoms with Gasteiger partial charge in [0.05, 0.1) is 11.8 Å². The van der Waals surface area contributed by atoms with E-state index in [1.54, 1.807) is 0 Å². The molecule has 3 heteroatoms. The number of cyclic esters (lactones) is 2. The van der Waals surface area contributed by atoms with E-state index in [2.05, 4.69) is 12.1 Å². The van der Waals surface area contributed by atoms with Crippen LogP contribution in [0.5, 0.6) is 0 Å². The first-order chi connectivity index (χ1) is 7.77. The van der Waals surface area contributed by atoms with Crippen LogP contribution in [0.25, 0.3) is 0 Å². The molecule has 2 bridgehead atoms. The fourth-order valence-electron chi connectivity index (χ4n) is 3.75. The Morgan fingerprint density at radius 3 is 1.94 bits per heavy atom. The molecule has 0 unspecified atom stereocenters. The van der Waals surface area contributed by atoms with Crippen LogP contribution in [0, 0.1) is 11.8 Å². The largest absolute Gasteiger partial charge is 0.393 e. The van der Waals surface area contributed by atoms with Crippen LogP contribution in [0.15, 0.2) is 24.3 Å². The average Bonchev–Trinajstić information content (AvgIpc) is 2.91.